The first kappa shape index (κ1) is 16.9. The van der Waals surface area contributed by atoms with Crippen LogP contribution in [0.3, 0.4) is 0 Å². The number of ether oxygens (including phenoxy) is 2. The van der Waals surface area contributed by atoms with Gasteiger partial charge in [-0.2, -0.15) is 0 Å². The molecule has 0 spiro atoms. The molecule has 2 aliphatic rings. The number of nitrogens with zero attached hydrogens (tertiary/aromatic N) is 2. The van der Waals surface area contributed by atoms with E-state index in [-0.39, 0.29) is 11.8 Å². The van der Waals surface area contributed by atoms with Gasteiger partial charge >= 0.3 is 0 Å². The van der Waals surface area contributed by atoms with Gasteiger partial charge in [-0.25, -0.2) is 0 Å². The lowest BCUT2D eigenvalue weighted by atomic mass is 10.1. The van der Waals surface area contributed by atoms with Crippen molar-refractivity contribution in [1.82, 2.24) is 9.80 Å². The summed E-state index contributed by atoms with van der Waals surface area (Å²) >= 11 is 1.48. The number of piperazine rings is 1. The highest BCUT2D eigenvalue weighted by Crippen LogP contribution is 2.37. The first-order valence-corrected chi connectivity index (χ1v) is 9.48. The van der Waals surface area contributed by atoms with Gasteiger partial charge in [0.05, 0.1) is 4.88 Å². The monoisotopic (exact) mass is 372 g/mol. The molecule has 1 aromatic carbocycles. The molecule has 0 N–H and O–H groups in total. The van der Waals surface area contributed by atoms with Crippen molar-refractivity contribution in [2.24, 2.45) is 0 Å². The molecule has 7 heteroatoms. The average Bonchev–Trinajstić information content (AvgIpc) is 3.17. The zero-order valence-electron chi connectivity index (χ0n) is 14.6. The lowest BCUT2D eigenvalue weighted by Gasteiger charge is -2.33. The van der Waals surface area contributed by atoms with E-state index in [2.05, 4.69) is 0 Å². The van der Waals surface area contributed by atoms with Crippen molar-refractivity contribution in [3.05, 3.63) is 35.2 Å². The molecule has 2 aromatic rings. The SMILES string of the molecule is CC(=O)N1CCN(C(=O)c2ccc(-c3ccc4c(c3)OCCO4)s2)CC1. The quantitative estimate of drug-likeness (QED) is 0.813. The molecule has 2 aliphatic heterocycles. The highest BCUT2D eigenvalue weighted by Gasteiger charge is 2.24. The van der Waals surface area contributed by atoms with Crippen molar-refractivity contribution in [1.29, 1.82) is 0 Å². The second-order valence-electron chi connectivity index (χ2n) is 6.32. The highest BCUT2D eigenvalue weighted by atomic mass is 32.1. The minimum atomic E-state index is 0.0296. The minimum Gasteiger partial charge on any atom is -0.486 e. The van der Waals surface area contributed by atoms with Crippen LogP contribution in [0.4, 0.5) is 0 Å². The van der Waals surface area contributed by atoms with Crippen LogP contribution in [-0.2, 0) is 4.79 Å². The van der Waals surface area contributed by atoms with Gasteiger partial charge in [0, 0.05) is 38.0 Å². The molecule has 0 atom stereocenters. The van der Waals surface area contributed by atoms with E-state index in [1.807, 2.05) is 35.2 Å². The van der Waals surface area contributed by atoms with E-state index < -0.39 is 0 Å². The van der Waals surface area contributed by atoms with Crippen molar-refractivity contribution in [3.63, 3.8) is 0 Å². The number of thiophene rings is 1. The van der Waals surface area contributed by atoms with Gasteiger partial charge in [-0.3, -0.25) is 9.59 Å². The topological polar surface area (TPSA) is 59.1 Å². The van der Waals surface area contributed by atoms with Crippen LogP contribution in [0, 0.1) is 0 Å². The summed E-state index contributed by atoms with van der Waals surface area (Å²) in [5.41, 5.74) is 1.01. The smallest absolute Gasteiger partial charge is 0.264 e. The number of carbonyl (C=O) groups excluding carboxylic acids is 2. The Hall–Kier alpha value is -2.54. The molecule has 1 fully saturated rings. The Bertz CT molecular complexity index is 840. The van der Waals surface area contributed by atoms with Gasteiger partial charge in [0.15, 0.2) is 11.5 Å². The first-order chi connectivity index (χ1) is 12.6. The summed E-state index contributed by atoms with van der Waals surface area (Å²) in [7, 11) is 0. The Morgan fingerprint density at radius 2 is 1.62 bits per heavy atom. The summed E-state index contributed by atoms with van der Waals surface area (Å²) in [5.74, 6) is 1.60. The van der Waals surface area contributed by atoms with E-state index in [9.17, 15) is 9.59 Å². The molecule has 2 amide bonds. The molecule has 0 radical (unpaired) electrons. The minimum absolute atomic E-state index is 0.0296. The lowest BCUT2D eigenvalue weighted by Crippen LogP contribution is -2.49. The number of hydrogen-bond donors (Lipinski definition) is 0. The molecule has 1 aromatic heterocycles. The maximum absolute atomic E-state index is 12.7. The fourth-order valence-corrected chi connectivity index (χ4v) is 4.16. The van der Waals surface area contributed by atoms with E-state index in [0.29, 0.717) is 44.3 Å². The Balaban J connectivity index is 1.48. The van der Waals surface area contributed by atoms with Crippen molar-refractivity contribution in [2.75, 3.05) is 39.4 Å². The van der Waals surface area contributed by atoms with Crippen LogP contribution < -0.4 is 9.47 Å². The normalized spacial score (nSPS) is 16.5. The fraction of sp³-hybridized carbons (Fsp3) is 0.368. The fourth-order valence-electron chi connectivity index (χ4n) is 3.18. The first-order valence-electron chi connectivity index (χ1n) is 8.66. The third-order valence-electron chi connectivity index (χ3n) is 4.66. The second kappa shape index (κ2) is 6.99. The van der Waals surface area contributed by atoms with Crippen LogP contribution >= 0.6 is 11.3 Å². The Kier molecular flexibility index (Phi) is 4.55. The third kappa shape index (κ3) is 3.26. The Morgan fingerprint density at radius 1 is 0.923 bits per heavy atom. The summed E-state index contributed by atoms with van der Waals surface area (Å²) in [6, 6.07) is 9.69. The molecule has 3 heterocycles. The average molecular weight is 372 g/mol. The summed E-state index contributed by atoms with van der Waals surface area (Å²) in [5, 5.41) is 0. The number of benzene rings is 1. The molecule has 6 nitrogen and oxygen atoms in total. The van der Waals surface area contributed by atoms with Gasteiger partial charge in [-0.05, 0) is 35.9 Å². The molecule has 0 bridgehead atoms. The van der Waals surface area contributed by atoms with E-state index in [1.165, 1.54) is 11.3 Å². The van der Waals surface area contributed by atoms with Crippen LogP contribution in [0.25, 0.3) is 10.4 Å². The molecule has 4 rings (SSSR count). The van der Waals surface area contributed by atoms with Gasteiger partial charge in [-0.15, -0.1) is 11.3 Å². The number of carbonyl (C=O) groups is 2. The van der Waals surface area contributed by atoms with Gasteiger partial charge < -0.3 is 19.3 Å². The molecule has 1 saturated heterocycles. The predicted molar refractivity (Wildman–Crippen MR) is 98.9 cm³/mol. The third-order valence-corrected chi connectivity index (χ3v) is 5.78. The maximum Gasteiger partial charge on any atom is 0.264 e. The second-order valence-corrected chi connectivity index (χ2v) is 7.40. The summed E-state index contributed by atoms with van der Waals surface area (Å²) in [4.78, 5) is 29.5. The summed E-state index contributed by atoms with van der Waals surface area (Å²) in [6.07, 6.45) is 0. The van der Waals surface area contributed by atoms with Gasteiger partial charge in [-0.1, -0.05) is 0 Å². The summed E-state index contributed by atoms with van der Waals surface area (Å²) in [6.45, 7) is 5.04. The van der Waals surface area contributed by atoms with E-state index >= 15 is 0 Å². The van der Waals surface area contributed by atoms with Crippen molar-refractivity contribution < 1.29 is 19.1 Å². The molecular formula is C19H20N2O4S. The number of amides is 2. The largest absolute Gasteiger partial charge is 0.486 e. The number of fused-ring (bicyclic) bond motifs is 1. The standard InChI is InChI=1S/C19H20N2O4S/c1-13(22)20-6-8-21(9-7-20)19(23)18-5-4-17(26-18)14-2-3-15-16(12-14)25-11-10-24-15/h2-5,12H,6-11H2,1H3. The molecule has 136 valence electrons. The number of rotatable bonds is 2. The van der Waals surface area contributed by atoms with Crippen molar-refractivity contribution >= 4 is 23.2 Å². The van der Waals surface area contributed by atoms with Crippen LogP contribution in [-0.4, -0.2) is 61.0 Å². The van der Waals surface area contributed by atoms with Gasteiger partial charge in [0.2, 0.25) is 5.91 Å². The van der Waals surface area contributed by atoms with Crippen LogP contribution in [0.5, 0.6) is 11.5 Å². The van der Waals surface area contributed by atoms with Crippen LogP contribution in [0.15, 0.2) is 30.3 Å². The van der Waals surface area contributed by atoms with Crippen molar-refractivity contribution in [3.8, 4) is 21.9 Å². The molecular weight excluding hydrogens is 352 g/mol. The van der Waals surface area contributed by atoms with E-state index in [0.717, 1.165) is 21.9 Å². The predicted octanol–water partition coefficient (Wildman–Crippen LogP) is 2.49. The Labute approximate surface area is 155 Å². The molecule has 0 unspecified atom stereocenters. The van der Waals surface area contributed by atoms with Gasteiger partial charge in [0.25, 0.3) is 5.91 Å². The van der Waals surface area contributed by atoms with E-state index in [4.69, 9.17) is 9.47 Å². The zero-order valence-corrected chi connectivity index (χ0v) is 15.4. The van der Waals surface area contributed by atoms with Crippen LogP contribution in [0.1, 0.15) is 16.6 Å². The number of hydrogen-bond acceptors (Lipinski definition) is 5. The zero-order chi connectivity index (χ0) is 18.1. The Morgan fingerprint density at radius 3 is 2.35 bits per heavy atom. The van der Waals surface area contributed by atoms with Gasteiger partial charge in [0.1, 0.15) is 13.2 Å². The summed E-state index contributed by atoms with van der Waals surface area (Å²) < 4.78 is 11.2. The molecule has 26 heavy (non-hydrogen) atoms. The molecule has 0 saturated carbocycles. The van der Waals surface area contributed by atoms with Crippen LogP contribution in [0.2, 0.25) is 0 Å². The van der Waals surface area contributed by atoms with E-state index in [1.54, 1.807) is 11.8 Å². The van der Waals surface area contributed by atoms with Crippen molar-refractivity contribution in [2.45, 2.75) is 6.92 Å². The lowest BCUT2D eigenvalue weighted by molar-refractivity contribution is -0.130. The molecule has 0 aliphatic carbocycles. The highest BCUT2D eigenvalue weighted by molar-refractivity contribution is 7.17. The maximum atomic E-state index is 12.7.